The second-order valence-electron chi connectivity index (χ2n) is 3.59. The Morgan fingerprint density at radius 2 is 2.27 bits per heavy atom. The molecule has 4 nitrogen and oxygen atoms in total. The molecule has 15 heavy (non-hydrogen) atoms. The van der Waals surface area contributed by atoms with Crippen molar-refractivity contribution < 1.29 is 9.53 Å². The van der Waals surface area contributed by atoms with Crippen LogP contribution >= 0.6 is 0 Å². The fourth-order valence-corrected chi connectivity index (χ4v) is 1.55. The van der Waals surface area contributed by atoms with Gasteiger partial charge in [-0.3, -0.25) is 0 Å². The number of methoxy groups -OCH3 is 1. The Bertz CT molecular complexity index is 295. The summed E-state index contributed by atoms with van der Waals surface area (Å²) in [5.41, 5.74) is 1.04. The molecule has 0 radical (unpaired) electrons. The Kier molecular flexibility index (Phi) is 4.21. The molecule has 1 heterocycles. The molecule has 4 heteroatoms. The molecule has 0 bridgehead atoms. The van der Waals surface area contributed by atoms with Gasteiger partial charge in [0.25, 0.3) is 0 Å². The first-order valence-corrected chi connectivity index (χ1v) is 5.07. The number of nitrogens with one attached hydrogen (secondary N) is 1. The largest absolute Gasteiger partial charge is 0.466 e. The summed E-state index contributed by atoms with van der Waals surface area (Å²) in [4.78, 5) is 13.1. The van der Waals surface area contributed by atoms with E-state index in [1.807, 2.05) is 14.0 Å². The molecule has 1 saturated heterocycles. The van der Waals surface area contributed by atoms with E-state index >= 15 is 0 Å². The predicted molar refractivity (Wildman–Crippen MR) is 59.1 cm³/mol. The summed E-state index contributed by atoms with van der Waals surface area (Å²) >= 11 is 0. The molecule has 0 aromatic carbocycles. The third-order valence-corrected chi connectivity index (χ3v) is 2.39. The highest BCUT2D eigenvalue weighted by atomic mass is 16.5. The number of ether oxygens (including phenoxy) is 1. The highest BCUT2D eigenvalue weighted by Crippen LogP contribution is 2.11. The van der Waals surface area contributed by atoms with Crippen molar-refractivity contribution in [2.75, 3.05) is 27.2 Å². The number of rotatable bonds is 2. The summed E-state index contributed by atoms with van der Waals surface area (Å²) in [6, 6.07) is 0. The van der Waals surface area contributed by atoms with Crippen LogP contribution in [0, 0.1) is 0 Å². The molecule has 1 aliphatic heterocycles. The Labute approximate surface area is 90.6 Å². The minimum Gasteiger partial charge on any atom is -0.466 e. The van der Waals surface area contributed by atoms with Gasteiger partial charge >= 0.3 is 5.97 Å². The summed E-state index contributed by atoms with van der Waals surface area (Å²) in [6.07, 6.45) is 4.36. The Hall–Kier alpha value is -1.45. The molecule has 0 spiro atoms. The van der Waals surface area contributed by atoms with Crippen LogP contribution in [0.1, 0.15) is 13.3 Å². The first-order valence-electron chi connectivity index (χ1n) is 5.07. The van der Waals surface area contributed by atoms with Gasteiger partial charge < -0.3 is 15.0 Å². The minimum absolute atomic E-state index is 0.326. The molecule has 0 aliphatic carbocycles. The van der Waals surface area contributed by atoms with Gasteiger partial charge in [0.05, 0.1) is 7.11 Å². The molecule has 1 aliphatic rings. The molecule has 0 unspecified atom stereocenters. The normalized spacial score (nSPS) is 20.1. The van der Waals surface area contributed by atoms with Crippen LogP contribution in [0.3, 0.4) is 0 Å². The van der Waals surface area contributed by atoms with Crippen molar-refractivity contribution >= 4 is 5.97 Å². The summed E-state index contributed by atoms with van der Waals surface area (Å²) in [5, 5.41) is 3.31. The van der Waals surface area contributed by atoms with E-state index in [0.717, 1.165) is 30.9 Å². The van der Waals surface area contributed by atoms with Crippen molar-refractivity contribution in [3.8, 4) is 0 Å². The fraction of sp³-hybridized carbons (Fsp3) is 0.545. The number of hydrogen-bond donors (Lipinski definition) is 1. The molecule has 0 aromatic rings. The number of allylic oxidation sites excluding steroid dienone is 2. The van der Waals surface area contributed by atoms with E-state index in [0.29, 0.717) is 0 Å². The molecule has 0 saturated carbocycles. The van der Waals surface area contributed by atoms with Crippen molar-refractivity contribution in [3.63, 3.8) is 0 Å². The van der Waals surface area contributed by atoms with Gasteiger partial charge in [-0.1, -0.05) is 0 Å². The van der Waals surface area contributed by atoms with Gasteiger partial charge in [0.1, 0.15) is 5.82 Å². The lowest BCUT2D eigenvalue weighted by Crippen LogP contribution is -2.37. The topological polar surface area (TPSA) is 41.6 Å². The molecule has 0 aromatic heterocycles. The van der Waals surface area contributed by atoms with Crippen LogP contribution in [0.5, 0.6) is 0 Å². The zero-order chi connectivity index (χ0) is 11.3. The second kappa shape index (κ2) is 5.44. The summed E-state index contributed by atoms with van der Waals surface area (Å²) < 4.78 is 4.53. The molecule has 84 valence electrons. The number of carbonyl (C=O) groups excluding carboxylic acids is 1. The van der Waals surface area contributed by atoms with Gasteiger partial charge in [0.15, 0.2) is 0 Å². The van der Waals surface area contributed by atoms with Gasteiger partial charge in [0, 0.05) is 26.2 Å². The van der Waals surface area contributed by atoms with E-state index < -0.39 is 0 Å². The number of carbonyl (C=O) groups is 1. The molecule has 1 rings (SSSR count). The molecular formula is C11H18N2O2. The molecule has 1 fully saturated rings. The van der Waals surface area contributed by atoms with E-state index in [4.69, 9.17) is 0 Å². The maximum atomic E-state index is 10.9. The SMILES string of the molecule is COC(=O)/C=C/C(C)=C1\NCCCN1C. The molecule has 1 N–H and O–H groups in total. The maximum absolute atomic E-state index is 10.9. The van der Waals surface area contributed by atoms with Crippen molar-refractivity contribution in [2.24, 2.45) is 0 Å². The summed E-state index contributed by atoms with van der Waals surface area (Å²) in [5.74, 6) is 0.759. The molecular weight excluding hydrogens is 192 g/mol. The highest BCUT2D eigenvalue weighted by Gasteiger charge is 2.11. The zero-order valence-corrected chi connectivity index (χ0v) is 9.54. The highest BCUT2D eigenvalue weighted by molar-refractivity contribution is 5.82. The fourth-order valence-electron chi connectivity index (χ4n) is 1.55. The van der Waals surface area contributed by atoms with Gasteiger partial charge in [0.2, 0.25) is 0 Å². The lowest BCUT2D eigenvalue weighted by Gasteiger charge is -2.30. The smallest absolute Gasteiger partial charge is 0.330 e. The average Bonchev–Trinajstić information content (AvgIpc) is 2.26. The van der Waals surface area contributed by atoms with E-state index in [1.54, 1.807) is 6.08 Å². The van der Waals surface area contributed by atoms with Crippen molar-refractivity contribution in [1.29, 1.82) is 0 Å². The van der Waals surface area contributed by atoms with E-state index in [1.165, 1.54) is 13.2 Å². The molecule has 0 amide bonds. The van der Waals surface area contributed by atoms with Crippen LogP contribution in [-0.4, -0.2) is 38.1 Å². The average molecular weight is 210 g/mol. The third kappa shape index (κ3) is 3.31. The Morgan fingerprint density at radius 1 is 1.53 bits per heavy atom. The van der Waals surface area contributed by atoms with Gasteiger partial charge in [-0.2, -0.15) is 0 Å². The van der Waals surface area contributed by atoms with Gasteiger partial charge in [-0.15, -0.1) is 0 Å². The lowest BCUT2D eigenvalue weighted by molar-refractivity contribution is -0.134. The van der Waals surface area contributed by atoms with Crippen molar-refractivity contribution in [2.45, 2.75) is 13.3 Å². The zero-order valence-electron chi connectivity index (χ0n) is 9.54. The monoisotopic (exact) mass is 210 g/mol. The first-order chi connectivity index (χ1) is 7.15. The van der Waals surface area contributed by atoms with Crippen molar-refractivity contribution in [1.82, 2.24) is 10.2 Å². The first kappa shape index (κ1) is 11.6. The van der Waals surface area contributed by atoms with E-state index in [9.17, 15) is 4.79 Å². The number of nitrogens with zero attached hydrogens (tertiary/aromatic N) is 1. The van der Waals surface area contributed by atoms with Gasteiger partial charge in [-0.25, -0.2) is 4.79 Å². The molecule has 0 atom stereocenters. The quantitative estimate of drug-likeness (QED) is 0.542. The number of hydrogen-bond acceptors (Lipinski definition) is 4. The lowest BCUT2D eigenvalue weighted by atomic mass is 10.2. The van der Waals surface area contributed by atoms with Crippen LogP contribution in [-0.2, 0) is 9.53 Å². The number of esters is 1. The maximum Gasteiger partial charge on any atom is 0.330 e. The van der Waals surface area contributed by atoms with Crippen molar-refractivity contribution in [3.05, 3.63) is 23.5 Å². The van der Waals surface area contributed by atoms with Crippen LogP contribution < -0.4 is 5.32 Å². The van der Waals surface area contributed by atoms with Crippen LogP contribution in [0.2, 0.25) is 0 Å². The minimum atomic E-state index is -0.326. The predicted octanol–water partition coefficient (Wildman–Crippen LogP) is 0.872. The Morgan fingerprint density at radius 3 is 2.87 bits per heavy atom. The van der Waals surface area contributed by atoms with Crippen LogP contribution in [0.4, 0.5) is 0 Å². The summed E-state index contributed by atoms with van der Waals surface area (Å²) in [6.45, 7) is 4.01. The summed E-state index contributed by atoms with van der Waals surface area (Å²) in [7, 11) is 3.41. The van der Waals surface area contributed by atoms with E-state index in [2.05, 4.69) is 15.0 Å². The third-order valence-electron chi connectivity index (χ3n) is 2.39. The standard InChI is InChI=1S/C11H18N2O2/c1-9(5-6-10(14)15-3)11-12-7-4-8-13(11)2/h5-6,12H,4,7-8H2,1-3H3/b6-5+,11-9+. The second-order valence-corrected chi connectivity index (χ2v) is 3.59. The van der Waals surface area contributed by atoms with Gasteiger partial charge in [-0.05, 0) is 25.0 Å². The Balaban J connectivity index is 2.70. The van der Waals surface area contributed by atoms with Crippen LogP contribution in [0.25, 0.3) is 0 Å². The van der Waals surface area contributed by atoms with Crippen LogP contribution in [0.15, 0.2) is 23.5 Å². The van der Waals surface area contributed by atoms with E-state index in [-0.39, 0.29) is 5.97 Å².